The summed E-state index contributed by atoms with van der Waals surface area (Å²) in [5.41, 5.74) is 8.58. The Morgan fingerprint density at radius 1 is 1.21 bits per heavy atom. The van der Waals surface area contributed by atoms with E-state index in [1.807, 2.05) is 29.8 Å². The maximum absolute atomic E-state index is 5.94. The summed E-state index contributed by atoms with van der Waals surface area (Å²) in [5, 5.41) is 7.70. The van der Waals surface area contributed by atoms with Crippen LogP contribution in [0.5, 0.6) is 0 Å². The third-order valence-electron chi connectivity index (χ3n) is 3.00. The van der Waals surface area contributed by atoms with E-state index in [4.69, 9.17) is 5.73 Å². The van der Waals surface area contributed by atoms with Gasteiger partial charge in [0.25, 0.3) is 0 Å². The molecule has 0 amide bonds. The van der Waals surface area contributed by atoms with E-state index in [1.54, 1.807) is 10.9 Å². The molecular formula is C12H15N7. The molecule has 0 saturated heterocycles. The largest absolute Gasteiger partial charge is 0.369 e. The number of imidazole rings is 1. The molecule has 0 fully saturated rings. The molecule has 2 N–H and O–H groups in total. The van der Waals surface area contributed by atoms with E-state index in [0.29, 0.717) is 5.95 Å². The Balaban J connectivity index is 1.80. The van der Waals surface area contributed by atoms with Crippen molar-refractivity contribution in [3.63, 3.8) is 0 Å². The Bertz CT molecular complexity index is 683. The predicted octanol–water partition coefficient (Wildman–Crippen LogP) is 1.00. The highest BCUT2D eigenvalue weighted by Crippen LogP contribution is 2.16. The number of hydrogen-bond donors (Lipinski definition) is 1. The highest BCUT2D eigenvalue weighted by atomic mass is 15.4. The van der Waals surface area contributed by atoms with E-state index < -0.39 is 0 Å². The first kappa shape index (κ1) is 11.6. The van der Waals surface area contributed by atoms with Gasteiger partial charge < -0.3 is 5.73 Å². The average molecular weight is 257 g/mol. The molecule has 0 radical (unpaired) electrons. The van der Waals surface area contributed by atoms with Gasteiger partial charge in [-0.2, -0.15) is 0 Å². The van der Waals surface area contributed by atoms with Gasteiger partial charge >= 0.3 is 0 Å². The minimum atomic E-state index is 0.506. The monoisotopic (exact) mass is 257 g/mol. The van der Waals surface area contributed by atoms with Gasteiger partial charge in [0.05, 0.1) is 6.20 Å². The number of nitrogens with zero attached hydrogens (tertiary/aromatic N) is 6. The quantitative estimate of drug-likeness (QED) is 0.753. The van der Waals surface area contributed by atoms with Gasteiger partial charge in [0, 0.05) is 25.0 Å². The second-order valence-corrected chi connectivity index (χ2v) is 4.44. The van der Waals surface area contributed by atoms with Gasteiger partial charge in [-0.05, 0) is 25.5 Å². The van der Waals surface area contributed by atoms with Crippen LogP contribution in [0.2, 0.25) is 0 Å². The molecule has 98 valence electrons. The van der Waals surface area contributed by atoms with Crippen molar-refractivity contribution in [3.8, 4) is 0 Å². The summed E-state index contributed by atoms with van der Waals surface area (Å²) in [6.07, 6.45) is 4.41. The number of aromatic nitrogens is 6. The van der Waals surface area contributed by atoms with E-state index in [0.717, 1.165) is 36.4 Å². The van der Waals surface area contributed by atoms with Gasteiger partial charge in [0.1, 0.15) is 5.52 Å². The summed E-state index contributed by atoms with van der Waals surface area (Å²) in [5.74, 6) is 0.506. The van der Waals surface area contributed by atoms with E-state index in [9.17, 15) is 0 Å². The van der Waals surface area contributed by atoms with Gasteiger partial charge in [0.15, 0.2) is 5.65 Å². The molecule has 3 rings (SSSR count). The zero-order valence-corrected chi connectivity index (χ0v) is 10.7. The second-order valence-electron chi connectivity index (χ2n) is 4.44. The maximum Gasteiger partial charge on any atom is 0.202 e. The summed E-state index contributed by atoms with van der Waals surface area (Å²) in [7, 11) is 0. The van der Waals surface area contributed by atoms with E-state index in [-0.39, 0.29) is 0 Å². The first-order valence-corrected chi connectivity index (χ1v) is 6.17. The van der Waals surface area contributed by atoms with Crippen molar-refractivity contribution < 1.29 is 0 Å². The number of rotatable bonds is 4. The molecule has 3 aromatic heterocycles. The zero-order chi connectivity index (χ0) is 13.2. The number of fused-ring (bicyclic) bond motifs is 1. The van der Waals surface area contributed by atoms with Gasteiger partial charge in [0.2, 0.25) is 5.95 Å². The van der Waals surface area contributed by atoms with Crippen LogP contribution in [0.1, 0.15) is 12.1 Å². The molecule has 0 spiro atoms. The smallest absolute Gasteiger partial charge is 0.202 e. The number of pyridine rings is 1. The van der Waals surface area contributed by atoms with Gasteiger partial charge in [-0.3, -0.25) is 9.25 Å². The molecule has 7 nitrogen and oxygen atoms in total. The Labute approximate surface area is 110 Å². The fourth-order valence-electron chi connectivity index (χ4n) is 2.08. The standard InChI is InChI=1S/C12H15N7/c1-9-3-4-10-11(15-9)19(12(13)16-10)7-2-6-18-8-5-14-17-18/h3-5,8H,2,6-7H2,1H3,(H2,13,16). The SMILES string of the molecule is Cc1ccc2nc(N)n(CCCn3ccnn3)c2n1. The van der Waals surface area contributed by atoms with E-state index in [2.05, 4.69) is 20.3 Å². The first-order chi connectivity index (χ1) is 9.24. The number of nitrogens with two attached hydrogens (primary N) is 1. The van der Waals surface area contributed by atoms with Crippen molar-refractivity contribution in [3.05, 3.63) is 30.2 Å². The minimum absolute atomic E-state index is 0.506. The molecule has 7 heteroatoms. The molecule has 0 aliphatic heterocycles. The van der Waals surface area contributed by atoms with Gasteiger partial charge in [-0.1, -0.05) is 5.21 Å². The predicted molar refractivity (Wildman–Crippen MR) is 71.3 cm³/mol. The van der Waals surface area contributed by atoms with Crippen LogP contribution in [0.15, 0.2) is 24.5 Å². The molecule has 0 unspecified atom stereocenters. The Kier molecular flexibility index (Phi) is 2.86. The van der Waals surface area contributed by atoms with E-state index in [1.165, 1.54) is 0 Å². The lowest BCUT2D eigenvalue weighted by Gasteiger charge is -2.06. The number of hydrogen-bond acceptors (Lipinski definition) is 5. The highest BCUT2D eigenvalue weighted by molar-refractivity contribution is 5.74. The van der Waals surface area contributed by atoms with Crippen molar-refractivity contribution >= 4 is 17.1 Å². The fraction of sp³-hybridized carbons (Fsp3) is 0.333. The molecule has 3 heterocycles. The van der Waals surface area contributed by atoms with Crippen molar-refractivity contribution in [2.75, 3.05) is 5.73 Å². The molecule has 0 atom stereocenters. The van der Waals surface area contributed by atoms with Crippen LogP contribution in [0.4, 0.5) is 5.95 Å². The van der Waals surface area contributed by atoms with Crippen molar-refractivity contribution in [1.82, 2.24) is 29.5 Å². The zero-order valence-electron chi connectivity index (χ0n) is 10.7. The lowest BCUT2D eigenvalue weighted by atomic mass is 10.3. The number of aryl methyl sites for hydroxylation is 3. The molecule has 19 heavy (non-hydrogen) atoms. The Hall–Kier alpha value is -2.44. The van der Waals surface area contributed by atoms with Crippen LogP contribution in [0.25, 0.3) is 11.2 Å². The van der Waals surface area contributed by atoms with Crippen LogP contribution in [-0.4, -0.2) is 29.5 Å². The summed E-state index contributed by atoms with van der Waals surface area (Å²) in [6, 6.07) is 3.89. The molecule has 0 aliphatic rings. The Morgan fingerprint density at radius 2 is 2.11 bits per heavy atom. The highest BCUT2D eigenvalue weighted by Gasteiger charge is 2.09. The van der Waals surface area contributed by atoms with Crippen molar-refractivity contribution in [2.24, 2.45) is 0 Å². The number of nitrogen functional groups attached to an aromatic ring is 1. The third kappa shape index (κ3) is 2.26. The van der Waals surface area contributed by atoms with Crippen molar-refractivity contribution in [2.45, 2.75) is 26.4 Å². The normalized spacial score (nSPS) is 11.2. The van der Waals surface area contributed by atoms with Gasteiger partial charge in [-0.15, -0.1) is 5.10 Å². The molecule has 3 aromatic rings. The fourth-order valence-corrected chi connectivity index (χ4v) is 2.08. The van der Waals surface area contributed by atoms with Crippen molar-refractivity contribution in [1.29, 1.82) is 0 Å². The van der Waals surface area contributed by atoms with Crippen LogP contribution in [0.3, 0.4) is 0 Å². The van der Waals surface area contributed by atoms with Crippen LogP contribution in [-0.2, 0) is 13.1 Å². The van der Waals surface area contributed by atoms with Gasteiger partial charge in [-0.25, -0.2) is 9.97 Å². The van der Waals surface area contributed by atoms with Crippen LogP contribution >= 0.6 is 0 Å². The third-order valence-corrected chi connectivity index (χ3v) is 3.00. The molecular weight excluding hydrogens is 242 g/mol. The summed E-state index contributed by atoms with van der Waals surface area (Å²) in [6.45, 7) is 3.52. The molecule has 0 aromatic carbocycles. The minimum Gasteiger partial charge on any atom is -0.369 e. The topological polar surface area (TPSA) is 87.4 Å². The van der Waals surface area contributed by atoms with E-state index >= 15 is 0 Å². The Morgan fingerprint density at radius 3 is 2.89 bits per heavy atom. The first-order valence-electron chi connectivity index (χ1n) is 6.17. The number of anilines is 1. The summed E-state index contributed by atoms with van der Waals surface area (Å²) < 4.78 is 3.74. The second kappa shape index (κ2) is 4.68. The lowest BCUT2D eigenvalue weighted by molar-refractivity contribution is 0.520. The van der Waals surface area contributed by atoms with Crippen LogP contribution < -0.4 is 5.73 Å². The van der Waals surface area contributed by atoms with Crippen LogP contribution in [0, 0.1) is 6.92 Å². The lowest BCUT2D eigenvalue weighted by Crippen LogP contribution is -2.08. The maximum atomic E-state index is 5.94. The summed E-state index contributed by atoms with van der Waals surface area (Å²) in [4.78, 5) is 8.81. The average Bonchev–Trinajstić information content (AvgIpc) is 2.99. The summed E-state index contributed by atoms with van der Waals surface area (Å²) >= 11 is 0. The molecule has 0 aliphatic carbocycles. The molecule has 0 saturated carbocycles. The molecule has 0 bridgehead atoms.